The zero-order valence-electron chi connectivity index (χ0n) is 15.4. The lowest BCUT2D eigenvalue weighted by molar-refractivity contribution is -0.117. The van der Waals surface area contributed by atoms with E-state index in [4.69, 9.17) is 4.42 Å². The van der Waals surface area contributed by atoms with Crippen molar-refractivity contribution in [2.45, 2.75) is 44.4 Å². The summed E-state index contributed by atoms with van der Waals surface area (Å²) in [5, 5.41) is 3.43. The van der Waals surface area contributed by atoms with Crippen LogP contribution in [0, 0.1) is 0 Å². The smallest absolute Gasteiger partial charge is 0.161 e. The van der Waals surface area contributed by atoms with Gasteiger partial charge in [0.1, 0.15) is 11.5 Å². The normalized spacial score (nSPS) is 20.2. The van der Waals surface area contributed by atoms with Gasteiger partial charge in [-0.1, -0.05) is 28.1 Å². The Bertz CT molecular complexity index is 1000. The van der Waals surface area contributed by atoms with E-state index in [1.54, 1.807) is 0 Å². The molecule has 0 bridgehead atoms. The van der Waals surface area contributed by atoms with Crippen molar-refractivity contribution in [1.82, 2.24) is 5.32 Å². The number of hydrogen-bond acceptors (Lipinski definition) is 4. The van der Waals surface area contributed by atoms with Crippen molar-refractivity contribution in [1.29, 1.82) is 0 Å². The van der Waals surface area contributed by atoms with Crippen LogP contribution in [0.5, 0.6) is 0 Å². The van der Waals surface area contributed by atoms with E-state index in [1.807, 2.05) is 36.4 Å². The minimum absolute atomic E-state index is 0.130. The highest BCUT2D eigenvalue weighted by atomic mass is 79.9. The van der Waals surface area contributed by atoms with Gasteiger partial charge in [-0.15, -0.1) is 0 Å². The van der Waals surface area contributed by atoms with Crippen LogP contribution in [-0.4, -0.2) is 11.6 Å². The SMILES string of the molecule is O=C1CCCC2=C1C(c1ccc(-c3ccc(Br)cc3)o1)C1=C(CCCC1=O)N2. The molecule has 0 spiro atoms. The van der Waals surface area contributed by atoms with Gasteiger partial charge in [0.15, 0.2) is 11.6 Å². The number of ketones is 2. The van der Waals surface area contributed by atoms with E-state index in [0.29, 0.717) is 18.6 Å². The van der Waals surface area contributed by atoms with Crippen molar-refractivity contribution in [3.05, 3.63) is 69.2 Å². The lowest BCUT2D eigenvalue weighted by Crippen LogP contribution is -2.36. The number of benzene rings is 1. The predicted molar refractivity (Wildman–Crippen MR) is 109 cm³/mol. The fourth-order valence-electron chi connectivity index (χ4n) is 4.55. The Morgan fingerprint density at radius 1 is 0.821 bits per heavy atom. The number of Topliss-reactive ketones (excluding diaryl/α,β-unsaturated/α-hetero) is 2. The van der Waals surface area contributed by atoms with Crippen molar-refractivity contribution in [3.8, 4) is 11.3 Å². The zero-order chi connectivity index (χ0) is 19.3. The van der Waals surface area contributed by atoms with Crippen LogP contribution in [0.15, 0.2) is 67.8 Å². The molecule has 2 aromatic rings. The Balaban J connectivity index is 1.62. The Hall–Kier alpha value is -2.40. The summed E-state index contributed by atoms with van der Waals surface area (Å²) in [6.07, 6.45) is 4.49. The first-order valence-corrected chi connectivity index (χ1v) is 10.6. The number of furan rings is 1. The van der Waals surface area contributed by atoms with Crippen molar-refractivity contribution in [2.75, 3.05) is 0 Å². The first kappa shape index (κ1) is 17.7. The van der Waals surface area contributed by atoms with E-state index in [0.717, 1.165) is 64.0 Å². The van der Waals surface area contributed by atoms with Gasteiger partial charge < -0.3 is 9.73 Å². The molecule has 0 saturated carbocycles. The van der Waals surface area contributed by atoms with Crippen LogP contribution >= 0.6 is 15.9 Å². The van der Waals surface area contributed by atoms with Crippen molar-refractivity contribution in [3.63, 3.8) is 0 Å². The van der Waals surface area contributed by atoms with Crippen LogP contribution in [0.4, 0.5) is 0 Å². The van der Waals surface area contributed by atoms with Gasteiger partial charge in [0.2, 0.25) is 0 Å². The first-order valence-electron chi connectivity index (χ1n) is 9.77. The molecule has 142 valence electrons. The maximum Gasteiger partial charge on any atom is 0.161 e. The molecule has 1 aliphatic heterocycles. The number of halogens is 1. The van der Waals surface area contributed by atoms with E-state index in [9.17, 15) is 9.59 Å². The van der Waals surface area contributed by atoms with E-state index < -0.39 is 0 Å². The second-order valence-electron chi connectivity index (χ2n) is 7.60. The molecule has 28 heavy (non-hydrogen) atoms. The number of allylic oxidation sites excluding steroid dienone is 4. The number of carbonyl (C=O) groups is 2. The monoisotopic (exact) mass is 437 g/mol. The number of carbonyl (C=O) groups excluding carboxylic acids is 2. The van der Waals surface area contributed by atoms with Crippen molar-refractivity contribution >= 4 is 27.5 Å². The molecule has 0 fully saturated rings. The molecule has 1 aromatic heterocycles. The van der Waals surface area contributed by atoms with Crippen molar-refractivity contribution < 1.29 is 14.0 Å². The van der Waals surface area contributed by atoms with Gasteiger partial charge in [0.25, 0.3) is 0 Å². The van der Waals surface area contributed by atoms with Crippen LogP contribution in [0.2, 0.25) is 0 Å². The van der Waals surface area contributed by atoms with Crippen molar-refractivity contribution in [2.24, 2.45) is 0 Å². The standard InChI is InChI=1S/C23H20BrNO3/c24-14-9-7-13(8-10-14)19-11-12-20(28-19)23-21-15(3-1-5-17(21)26)25-16-4-2-6-18(27)22(16)23/h7-12,23,25H,1-6H2. The lowest BCUT2D eigenvalue weighted by Gasteiger charge is -2.36. The fraction of sp³-hybridized carbons (Fsp3) is 0.304. The van der Waals surface area contributed by atoms with Gasteiger partial charge in [-0.25, -0.2) is 0 Å². The number of dihydropyridines is 1. The summed E-state index contributed by atoms with van der Waals surface area (Å²) in [4.78, 5) is 25.7. The average Bonchev–Trinajstić information content (AvgIpc) is 3.17. The molecule has 5 heteroatoms. The Kier molecular flexibility index (Phi) is 4.35. The maximum atomic E-state index is 12.8. The molecular formula is C23H20BrNO3. The second kappa shape index (κ2) is 6.89. The molecule has 1 aromatic carbocycles. The summed E-state index contributed by atoms with van der Waals surface area (Å²) < 4.78 is 7.23. The summed E-state index contributed by atoms with van der Waals surface area (Å²) in [7, 11) is 0. The fourth-order valence-corrected chi connectivity index (χ4v) is 4.81. The molecule has 4 nitrogen and oxygen atoms in total. The quantitative estimate of drug-likeness (QED) is 0.681. The highest BCUT2D eigenvalue weighted by molar-refractivity contribution is 9.10. The topological polar surface area (TPSA) is 59.3 Å². The Morgan fingerprint density at radius 3 is 2.04 bits per heavy atom. The number of nitrogens with one attached hydrogen (secondary N) is 1. The number of rotatable bonds is 2. The van der Waals surface area contributed by atoms with Crippen LogP contribution in [-0.2, 0) is 9.59 Å². The molecule has 0 unspecified atom stereocenters. The second-order valence-corrected chi connectivity index (χ2v) is 8.52. The minimum Gasteiger partial charge on any atom is -0.460 e. The summed E-state index contributed by atoms with van der Waals surface area (Å²) in [5.41, 5.74) is 4.40. The highest BCUT2D eigenvalue weighted by Gasteiger charge is 2.41. The van der Waals surface area contributed by atoms with Crippen LogP contribution in [0.3, 0.4) is 0 Å². The molecule has 2 aliphatic carbocycles. The Labute approximate surface area is 171 Å². The predicted octanol–water partition coefficient (Wildman–Crippen LogP) is 5.41. The molecule has 0 radical (unpaired) electrons. The molecule has 0 atom stereocenters. The minimum atomic E-state index is -0.379. The molecule has 5 rings (SSSR count). The summed E-state index contributed by atoms with van der Waals surface area (Å²) in [5.74, 6) is 1.31. The van der Waals surface area contributed by atoms with Crippen LogP contribution in [0.1, 0.15) is 50.2 Å². The zero-order valence-corrected chi connectivity index (χ0v) is 17.0. The van der Waals surface area contributed by atoms with E-state index in [1.165, 1.54) is 0 Å². The number of hydrogen-bond donors (Lipinski definition) is 1. The molecule has 0 saturated heterocycles. The van der Waals surface area contributed by atoms with Crippen LogP contribution in [0.25, 0.3) is 11.3 Å². The van der Waals surface area contributed by atoms with Crippen LogP contribution < -0.4 is 5.32 Å². The third-order valence-corrected chi connectivity index (χ3v) is 6.36. The van der Waals surface area contributed by atoms with Gasteiger partial charge in [-0.05, 0) is 49.9 Å². The van der Waals surface area contributed by atoms with Gasteiger partial charge >= 0.3 is 0 Å². The molecule has 2 heterocycles. The van der Waals surface area contributed by atoms with E-state index in [-0.39, 0.29) is 17.5 Å². The summed E-state index contributed by atoms with van der Waals surface area (Å²) in [6.45, 7) is 0. The highest BCUT2D eigenvalue weighted by Crippen LogP contribution is 2.46. The third-order valence-electron chi connectivity index (χ3n) is 5.83. The molecule has 0 amide bonds. The van der Waals surface area contributed by atoms with Gasteiger partial charge in [0, 0.05) is 45.4 Å². The molecular weight excluding hydrogens is 418 g/mol. The van der Waals surface area contributed by atoms with Gasteiger partial charge in [-0.3, -0.25) is 9.59 Å². The van der Waals surface area contributed by atoms with E-state index >= 15 is 0 Å². The lowest BCUT2D eigenvalue weighted by atomic mass is 9.73. The molecule has 3 aliphatic rings. The third kappa shape index (κ3) is 2.89. The van der Waals surface area contributed by atoms with Gasteiger partial charge in [0.05, 0.1) is 5.92 Å². The summed E-state index contributed by atoms with van der Waals surface area (Å²) >= 11 is 3.45. The average molecular weight is 438 g/mol. The van der Waals surface area contributed by atoms with E-state index in [2.05, 4.69) is 21.2 Å². The molecule has 1 N–H and O–H groups in total. The Morgan fingerprint density at radius 2 is 1.43 bits per heavy atom. The first-order chi connectivity index (χ1) is 13.6. The summed E-state index contributed by atoms with van der Waals surface area (Å²) in [6, 6.07) is 11.8. The maximum absolute atomic E-state index is 12.8. The van der Waals surface area contributed by atoms with Gasteiger partial charge in [-0.2, -0.15) is 0 Å². The largest absolute Gasteiger partial charge is 0.460 e.